The van der Waals surface area contributed by atoms with Crippen molar-refractivity contribution in [3.8, 4) is 0 Å². The van der Waals surface area contributed by atoms with E-state index in [4.69, 9.17) is 11.6 Å². The molecular weight excluding hydrogens is 258 g/mol. The molecule has 0 radical (unpaired) electrons. The molecule has 1 saturated heterocycles. The Labute approximate surface area is 119 Å². The number of Topliss-reactive ketones (excluding diaryl/α,β-unsaturated/α-hetero) is 1. The van der Waals surface area contributed by atoms with Gasteiger partial charge in [0.25, 0.3) is 0 Å². The van der Waals surface area contributed by atoms with E-state index in [0.717, 1.165) is 31.0 Å². The molecule has 2 nitrogen and oxygen atoms in total. The summed E-state index contributed by atoms with van der Waals surface area (Å²) >= 11 is 5.98. The molecule has 1 saturated carbocycles. The number of nitrogens with zero attached hydrogens (tertiary/aromatic N) is 1. The summed E-state index contributed by atoms with van der Waals surface area (Å²) in [4.78, 5) is 15.1. The minimum absolute atomic E-state index is 0.160. The molecule has 1 aromatic rings. The number of carbonyl (C=O) groups excluding carboxylic acids is 1. The van der Waals surface area contributed by atoms with E-state index in [1.54, 1.807) is 6.07 Å². The summed E-state index contributed by atoms with van der Waals surface area (Å²) in [6.45, 7) is 2.11. The Hall–Kier alpha value is -0.860. The summed E-state index contributed by atoms with van der Waals surface area (Å²) in [6, 6.07) is 8.11. The molecule has 0 spiro atoms. The average Bonchev–Trinajstić information content (AvgIpc) is 2.36. The third-order valence-corrected chi connectivity index (χ3v) is 4.76. The van der Waals surface area contributed by atoms with Gasteiger partial charge in [-0.25, -0.2) is 0 Å². The second kappa shape index (κ2) is 5.64. The van der Waals surface area contributed by atoms with Gasteiger partial charge in [0.05, 0.1) is 0 Å². The van der Waals surface area contributed by atoms with Gasteiger partial charge in [-0.1, -0.05) is 30.2 Å². The standard InChI is InChI=1S/C16H20ClNO/c17-14-6-1-4-12(10-14)16(19)13-5-3-9-18(11-13)15-7-2-8-15/h1,4,6,10,13,15H,2-3,5,7-9,11H2. The Bertz CT molecular complexity index is 470. The smallest absolute Gasteiger partial charge is 0.167 e. The molecule has 0 aromatic heterocycles. The lowest BCUT2D eigenvalue weighted by Crippen LogP contribution is -2.47. The Morgan fingerprint density at radius 2 is 2.05 bits per heavy atom. The molecule has 3 rings (SSSR count). The zero-order valence-electron chi connectivity index (χ0n) is 11.1. The van der Waals surface area contributed by atoms with E-state index in [9.17, 15) is 4.79 Å². The van der Waals surface area contributed by atoms with Crippen LogP contribution in [-0.2, 0) is 0 Å². The fourth-order valence-corrected chi connectivity index (χ4v) is 3.37. The highest BCUT2D eigenvalue weighted by atomic mass is 35.5. The summed E-state index contributed by atoms with van der Waals surface area (Å²) in [5.41, 5.74) is 0.771. The van der Waals surface area contributed by atoms with Gasteiger partial charge in [-0.15, -0.1) is 0 Å². The number of piperidine rings is 1. The van der Waals surface area contributed by atoms with Gasteiger partial charge in [0, 0.05) is 29.1 Å². The van der Waals surface area contributed by atoms with Gasteiger partial charge in [0.2, 0.25) is 0 Å². The van der Waals surface area contributed by atoms with Crippen LogP contribution in [0.15, 0.2) is 24.3 Å². The lowest BCUT2D eigenvalue weighted by atomic mass is 9.85. The van der Waals surface area contributed by atoms with Crippen LogP contribution in [0.1, 0.15) is 42.5 Å². The molecule has 0 N–H and O–H groups in total. The van der Waals surface area contributed by atoms with E-state index in [1.807, 2.05) is 18.2 Å². The summed E-state index contributed by atoms with van der Waals surface area (Å²) < 4.78 is 0. The van der Waals surface area contributed by atoms with E-state index in [0.29, 0.717) is 5.02 Å². The van der Waals surface area contributed by atoms with Gasteiger partial charge >= 0.3 is 0 Å². The van der Waals surface area contributed by atoms with E-state index in [2.05, 4.69) is 4.90 Å². The van der Waals surface area contributed by atoms with E-state index in [1.165, 1.54) is 25.8 Å². The fraction of sp³-hybridized carbons (Fsp3) is 0.562. The van der Waals surface area contributed by atoms with Gasteiger partial charge in [-0.3, -0.25) is 9.69 Å². The predicted octanol–water partition coefficient (Wildman–Crippen LogP) is 3.79. The highest BCUT2D eigenvalue weighted by Gasteiger charge is 2.32. The fourth-order valence-electron chi connectivity index (χ4n) is 3.18. The Morgan fingerprint density at radius 3 is 2.74 bits per heavy atom. The van der Waals surface area contributed by atoms with Crippen molar-refractivity contribution in [3.63, 3.8) is 0 Å². The Morgan fingerprint density at radius 1 is 1.21 bits per heavy atom. The normalized spacial score (nSPS) is 25.0. The quantitative estimate of drug-likeness (QED) is 0.784. The molecular formula is C16H20ClNO. The summed E-state index contributed by atoms with van der Waals surface area (Å²) in [7, 11) is 0. The van der Waals surface area contributed by atoms with Crippen LogP contribution >= 0.6 is 11.6 Å². The lowest BCUT2D eigenvalue weighted by Gasteiger charge is -2.42. The van der Waals surface area contributed by atoms with E-state index < -0.39 is 0 Å². The maximum Gasteiger partial charge on any atom is 0.167 e. The van der Waals surface area contributed by atoms with Gasteiger partial charge in [-0.2, -0.15) is 0 Å². The molecule has 102 valence electrons. The van der Waals surface area contributed by atoms with Gasteiger partial charge in [0.15, 0.2) is 5.78 Å². The number of rotatable bonds is 3. The maximum atomic E-state index is 12.5. The van der Waals surface area contributed by atoms with Gasteiger partial charge < -0.3 is 0 Å². The molecule has 19 heavy (non-hydrogen) atoms. The van der Waals surface area contributed by atoms with Crippen LogP contribution in [0.25, 0.3) is 0 Å². The topological polar surface area (TPSA) is 20.3 Å². The Kier molecular flexibility index (Phi) is 3.90. The predicted molar refractivity (Wildman–Crippen MR) is 77.7 cm³/mol. The number of hydrogen-bond donors (Lipinski definition) is 0. The number of ketones is 1. The molecule has 0 amide bonds. The number of carbonyl (C=O) groups is 1. The maximum absolute atomic E-state index is 12.5. The van der Waals surface area contributed by atoms with Crippen molar-refractivity contribution >= 4 is 17.4 Å². The highest BCUT2D eigenvalue weighted by Crippen LogP contribution is 2.30. The zero-order chi connectivity index (χ0) is 13.2. The van der Waals surface area contributed by atoms with Crippen LogP contribution in [0.5, 0.6) is 0 Å². The lowest BCUT2D eigenvalue weighted by molar-refractivity contribution is 0.0612. The van der Waals surface area contributed by atoms with Crippen LogP contribution in [0.4, 0.5) is 0 Å². The largest absolute Gasteiger partial charge is 0.300 e. The first-order chi connectivity index (χ1) is 9.24. The number of halogens is 1. The first-order valence-electron chi connectivity index (χ1n) is 7.28. The molecule has 3 heteroatoms. The molecule has 1 unspecified atom stereocenters. The van der Waals surface area contributed by atoms with Gasteiger partial charge in [0.1, 0.15) is 0 Å². The number of likely N-dealkylation sites (tertiary alicyclic amines) is 1. The highest BCUT2D eigenvalue weighted by molar-refractivity contribution is 6.31. The molecule has 0 bridgehead atoms. The second-order valence-electron chi connectivity index (χ2n) is 5.79. The van der Waals surface area contributed by atoms with Crippen LogP contribution in [0.2, 0.25) is 5.02 Å². The van der Waals surface area contributed by atoms with Crippen LogP contribution in [-0.4, -0.2) is 29.8 Å². The molecule has 1 atom stereocenters. The third-order valence-electron chi connectivity index (χ3n) is 4.52. The molecule has 1 aliphatic carbocycles. The minimum Gasteiger partial charge on any atom is -0.300 e. The molecule has 2 aliphatic rings. The third kappa shape index (κ3) is 2.85. The van der Waals surface area contributed by atoms with Crippen molar-refractivity contribution in [2.75, 3.05) is 13.1 Å². The summed E-state index contributed by atoms with van der Waals surface area (Å²) in [5, 5.41) is 0.650. The number of hydrogen-bond acceptors (Lipinski definition) is 2. The van der Waals surface area contributed by atoms with Crippen LogP contribution in [0.3, 0.4) is 0 Å². The molecule has 1 aliphatic heterocycles. The summed E-state index contributed by atoms with van der Waals surface area (Å²) in [6.07, 6.45) is 6.16. The Balaban J connectivity index is 1.69. The molecule has 2 fully saturated rings. The second-order valence-corrected chi connectivity index (χ2v) is 6.23. The first-order valence-corrected chi connectivity index (χ1v) is 7.65. The molecule has 1 aromatic carbocycles. The summed E-state index contributed by atoms with van der Waals surface area (Å²) in [5.74, 6) is 0.430. The minimum atomic E-state index is 0.160. The SMILES string of the molecule is O=C(c1cccc(Cl)c1)C1CCCN(C2CCC2)C1. The van der Waals surface area contributed by atoms with E-state index >= 15 is 0 Å². The average molecular weight is 278 g/mol. The van der Waals surface area contributed by atoms with Gasteiger partial charge in [-0.05, 0) is 44.4 Å². The van der Waals surface area contributed by atoms with Crippen molar-refractivity contribution in [2.45, 2.75) is 38.1 Å². The zero-order valence-corrected chi connectivity index (χ0v) is 11.9. The van der Waals surface area contributed by atoms with Crippen LogP contribution < -0.4 is 0 Å². The van der Waals surface area contributed by atoms with Crippen molar-refractivity contribution in [3.05, 3.63) is 34.9 Å². The van der Waals surface area contributed by atoms with Crippen molar-refractivity contribution in [1.82, 2.24) is 4.90 Å². The van der Waals surface area contributed by atoms with E-state index in [-0.39, 0.29) is 11.7 Å². The van der Waals surface area contributed by atoms with Crippen molar-refractivity contribution < 1.29 is 4.79 Å². The first kappa shape index (κ1) is 13.1. The number of benzene rings is 1. The monoisotopic (exact) mass is 277 g/mol. The van der Waals surface area contributed by atoms with Crippen LogP contribution in [0, 0.1) is 5.92 Å². The van der Waals surface area contributed by atoms with Crippen molar-refractivity contribution in [2.24, 2.45) is 5.92 Å². The molecule has 1 heterocycles. The van der Waals surface area contributed by atoms with Crippen molar-refractivity contribution in [1.29, 1.82) is 0 Å².